The van der Waals surface area contributed by atoms with E-state index in [2.05, 4.69) is 10.3 Å². The molecule has 0 aliphatic carbocycles. The van der Waals surface area contributed by atoms with Crippen LogP contribution in [0.1, 0.15) is 6.92 Å². The van der Waals surface area contributed by atoms with Crippen molar-refractivity contribution in [2.45, 2.75) is 13.0 Å². The van der Waals surface area contributed by atoms with Gasteiger partial charge in [0.05, 0.1) is 0 Å². The van der Waals surface area contributed by atoms with Gasteiger partial charge in [-0.1, -0.05) is 0 Å². The Morgan fingerprint density at radius 1 is 1.77 bits per heavy atom. The lowest BCUT2D eigenvalue weighted by atomic mass is 10.4. The molecule has 0 aliphatic heterocycles. The summed E-state index contributed by atoms with van der Waals surface area (Å²) in [7, 11) is 1.16. The lowest BCUT2D eigenvalue weighted by Crippen LogP contribution is -2.23. The molecule has 0 aliphatic rings. The summed E-state index contributed by atoms with van der Waals surface area (Å²) in [4.78, 5) is 4.12. The molecule has 0 bridgehead atoms. The molecule has 0 radical (unpaired) electrons. The van der Waals surface area contributed by atoms with Crippen LogP contribution in [0.2, 0.25) is 0 Å². The van der Waals surface area contributed by atoms with Crippen LogP contribution in [0.15, 0.2) is 12.4 Å². The number of nitrogens with zero attached hydrogens (tertiary/aromatic N) is 2. The van der Waals surface area contributed by atoms with E-state index >= 15 is 0 Å². The van der Waals surface area contributed by atoms with Crippen LogP contribution in [0.4, 0.5) is 5.95 Å². The maximum atomic E-state index is 10.9. The summed E-state index contributed by atoms with van der Waals surface area (Å²) < 4.78 is 12.8. The number of hydrogen-bond donors (Lipinski definition) is 1. The number of hydrogen-bond acceptors (Lipinski definition) is 3. The maximum Gasteiger partial charge on any atom is 0.202 e. The first kappa shape index (κ1) is 10.2. The van der Waals surface area contributed by atoms with E-state index in [0.29, 0.717) is 5.75 Å². The number of rotatable bonds is 4. The normalized spacial score (nSPS) is 15.3. The van der Waals surface area contributed by atoms with E-state index in [9.17, 15) is 4.21 Å². The highest BCUT2D eigenvalue weighted by molar-refractivity contribution is 7.84. The van der Waals surface area contributed by atoms with Crippen molar-refractivity contribution in [2.24, 2.45) is 7.05 Å². The molecule has 1 rings (SSSR count). The molecule has 2 unspecified atom stereocenters. The van der Waals surface area contributed by atoms with Crippen molar-refractivity contribution in [2.75, 3.05) is 17.3 Å². The SMILES string of the molecule is CC(CS(C)=O)Nc1nccn1C. The first-order valence-corrected chi connectivity index (χ1v) is 5.86. The van der Waals surface area contributed by atoms with E-state index in [1.54, 1.807) is 12.5 Å². The summed E-state index contributed by atoms with van der Waals surface area (Å²) in [6.45, 7) is 2.00. The number of aromatic nitrogens is 2. The van der Waals surface area contributed by atoms with E-state index in [1.807, 2.05) is 24.7 Å². The zero-order valence-electron chi connectivity index (χ0n) is 8.15. The van der Waals surface area contributed by atoms with Gasteiger partial charge in [-0.2, -0.15) is 0 Å². The number of nitrogens with one attached hydrogen (secondary N) is 1. The number of anilines is 1. The fourth-order valence-corrected chi connectivity index (χ4v) is 1.91. The van der Waals surface area contributed by atoms with E-state index < -0.39 is 10.8 Å². The number of aryl methyl sites for hydroxylation is 1. The molecule has 0 fully saturated rings. The monoisotopic (exact) mass is 201 g/mol. The van der Waals surface area contributed by atoms with Crippen molar-refractivity contribution >= 4 is 16.7 Å². The highest BCUT2D eigenvalue weighted by atomic mass is 32.2. The fourth-order valence-electron chi connectivity index (χ4n) is 1.12. The van der Waals surface area contributed by atoms with Crippen LogP contribution in [0.3, 0.4) is 0 Å². The second-order valence-corrected chi connectivity index (χ2v) is 4.63. The second-order valence-electron chi connectivity index (χ2n) is 3.15. The molecule has 0 spiro atoms. The van der Waals surface area contributed by atoms with Crippen LogP contribution in [0.25, 0.3) is 0 Å². The molecule has 2 atom stereocenters. The van der Waals surface area contributed by atoms with Gasteiger partial charge in [-0.25, -0.2) is 4.98 Å². The van der Waals surface area contributed by atoms with Gasteiger partial charge in [0.2, 0.25) is 5.95 Å². The Morgan fingerprint density at radius 2 is 2.46 bits per heavy atom. The molecule has 0 saturated carbocycles. The van der Waals surface area contributed by atoms with Crippen molar-refractivity contribution in [3.8, 4) is 0 Å². The second kappa shape index (κ2) is 4.41. The average molecular weight is 201 g/mol. The van der Waals surface area contributed by atoms with Crippen molar-refractivity contribution in [3.05, 3.63) is 12.4 Å². The number of imidazole rings is 1. The standard InChI is InChI=1S/C8H15N3OS/c1-7(6-13(3)12)10-8-9-4-5-11(8)2/h4-5,7H,6H2,1-3H3,(H,9,10). The van der Waals surface area contributed by atoms with Crippen LogP contribution in [0.5, 0.6) is 0 Å². The van der Waals surface area contributed by atoms with Crippen molar-refractivity contribution in [1.82, 2.24) is 9.55 Å². The van der Waals surface area contributed by atoms with Crippen molar-refractivity contribution in [1.29, 1.82) is 0 Å². The minimum atomic E-state index is -0.763. The summed E-state index contributed by atoms with van der Waals surface area (Å²) >= 11 is 0. The van der Waals surface area contributed by atoms with Gasteiger partial charge >= 0.3 is 0 Å². The minimum Gasteiger partial charge on any atom is -0.352 e. The minimum absolute atomic E-state index is 0.187. The van der Waals surface area contributed by atoms with Crippen molar-refractivity contribution < 1.29 is 4.21 Å². The first-order valence-electron chi connectivity index (χ1n) is 4.13. The Labute approximate surface area is 80.8 Å². The summed E-state index contributed by atoms with van der Waals surface area (Å²) in [5.41, 5.74) is 0. The zero-order chi connectivity index (χ0) is 9.84. The van der Waals surface area contributed by atoms with Crippen LogP contribution >= 0.6 is 0 Å². The topological polar surface area (TPSA) is 46.9 Å². The lowest BCUT2D eigenvalue weighted by molar-refractivity contribution is 0.682. The van der Waals surface area contributed by atoms with Gasteiger partial charge in [-0.3, -0.25) is 4.21 Å². The van der Waals surface area contributed by atoms with E-state index in [4.69, 9.17) is 0 Å². The third-order valence-corrected chi connectivity index (χ3v) is 2.65. The van der Waals surface area contributed by atoms with Gasteiger partial charge in [0.1, 0.15) is 0 Å². The van der Waals surface area contributed by atoms with E-state index in [0.717, 1.165) is 5.95 Å². The molecule has 0 aromatic carbocycles. The van der Waals surface area contributed by atoms with Gasteiger partial charge in [0, 0.05) is 48.3 Å². The Bertz CT molecular complexity index is 297. The molecule has 4 nitrogen and oxygen atoms in total. The molecule has 1 heterocycles. The molecule has 0 amide bonds. The molecule has 1 N–H and O–H groups in total. The third-order valence-electron chi connectivity index (χ3n) is 1.68. The Kier molecular flexibility index (Phi) is 3.48. The molecule has 5 heteroatoms. The smallest absolute Gasteiger partial charge is 0.202 e. The molecule has 1 aromatic rings. The van der Waals surface area contributed by atoms with Crippen LogP contribution in [-0.2, 0) is 17.8 Å². The van der Waals surface area contributed by atoms with Crippen LogP contribution in [-0.4, -0.2) is 31.8 Å². The fraction of sp³-hybridized carbons (Fsp3) is 0.625. The van der Waals surface area contributed by atoms with Gasteiger partial charge in [0.25, 0.3) is 0 Å². The zero-order valence-corrected chi connectivity index (χ0v) is 8.97. The summed E-state index contributed by atoms with van der Waals surface area (Å²) in [6, 6.07) is 0.187. The predicted molar refractivity (Wildman–Crippen MR) is 55.2 cm³/mol. The molecule has 1 aromatic heterocycles. The Morgan fingerprint density at radius 3 is 2.92 bits per heavy atom. The summed E-state index contributed by atoms with van der Waals surface area (Å²) in [5.74, 6) is 1.46. The average Bonchev–Trinajstić information content (AvgIpc) is 2.34. The Balaban J connectivity index is 2.49. The Hall–Kier alpha value is -0.840. The van der Waals surface area contributed by atoms with Crippen molar-refractivity contribution in [3.63, 3.8) is 0 Å². The summed E-state index contributed by atoms with van der Waals surface area (Å²) in [6.07, 6.45) is 5.31. The lowest BCUT2D eigenvalue weighted by Gasteiger charge is -2.12. The molecule has 13 heavy (non-hydrogen) atoms. The third kappa shape index (κ3) is 3.18. The summed E-state index contributed by atoms with van der Waals surface area (Å²) in [5, 5.41) is 3.18. The van der Waals surface area contributed by atoms with Gasteiger partial charge < -0.3 is 9.88 Å². The van der Waals surface area contributed by atoms with Gasteiger partial charge in [-0.15, -0.1) is 0 Å². The van der Waals surface area contributed by atoms with Gasteiger partial charge in [0.15, 0.2) is 0 Å². The molecular weight excluding hydrogens is 186 g/mol. The van der Waals surface area contributed by atoms with Gasteiger partial charge in [-0.05, 0) is 6.92 Å². The molecule has 74 valence electrons. The largest absolute Gasteiger partial charge is 0.352 e. The van der Waals surface area contributed by atoms with E-state index in [-0.39, 0.29) is 6.04 Å². The highest BCUT2D eigenvalue weighted by Gasteiger charge is 2.06. The maximum absolute atomic E-state index is 10.9. The predicted octanol–water partition coefficient (Wildman–Crippen LogP) is 0.599. The van der Waals surface area contributed by atoms with Crippen LogP contribution < -0.4 is 5.32 Å². The van der Waals surface area contributed by atoms with E-state index in [1.165, 1.54) is 0 Å². The molecule has 0 saturated heterocycles. The quantitative estimate of drug-likeness (QED) is 0.776. The van der Waals surface area contributed by atoms with Crippen LogP contribution in [0, 0.1) is 0 Å². The molecular formula is C8H15N3OS. The first-order chi connectivity index (χ1) is 6.09. The highest BCUT2D eigenvalue weighted by Crippen LogP contribution is 2.03.